The van der Waals surface area contributed by atoms with Crippen molar-refractivity contribution >= 4 is 17.5 Å². The molecule has 0 aliphatic heterocycles. The summed E-state index contributed by atoms with van der Waals surface area (Å²) >= 11 is 5.88. The van der Waals surface area contributed by atoms with Gasteiger partial charge in [-0.05, 0) is 29.8 Å². The summed E-state index contributed by atoms with van der Waals surface area (Å²) in [6.45, 7) is 0.413. The van der Waals surface area contributed by atoms with E-state index in [-0.39, 0.29) is 5.91 Å². The lowest BCUT2D eigenvalue weighted by Gasteiger charge is -2.08. The van der Waals surface area contributed by atoms with E-state index in [9.17, 15) is 4.79 Å². The van der Waals surface area contributed by atoms with E-state index in [1.165, 1.54) is 0 Å². The Kier molecular flexibility index (Phi) is 5.05. The number of hydrogen-bond acceptors (Lipinski definition) is 3. The number of nitrogens with zero attached hydrogens (tertiary/aromatic N) is 2. The molecule has 0 saturated carbocycles. The Labute approximate surface area is 151 Å². The minimum absolute atomic E-state index is 0.191. The van der Waals surface area contributed by atoms with Crippen LogP contribution in [0, 0.1) is 0 Å². The molecule has 0 fully saturated rings. The minimum Gasteiger partial charge on any atom is -0.496 e. The van der Waals surface area contributed by atoms with E-state index >= 15 is 0 Å². The standard InChI is InChI=1S/C19H18ClN3O2/c1-23-12-16(18(22-23)15-5-3-4-6-17(15)25-2)19(24)21-11-13-7-9-14(20)10-8-13/h3-10,12H,11H2,1-2H3,(H,21,24). The van der Waals surface area contributed by atoms with Gasteiger partial charge < -0.3 is 10.1 Å². The van der Waals surface area contributed by atoms with E-state index < -0.39 is 0 Å². The van der Waals surface area contributed by atoms with Crippen molar-refractivity contribution in [3.8, 4) is 17.0 Å². The topological polar surface area (TPSA) is 56.2 Å². The Morgan fingerprint density at radius 3 is 2.64 bits per heavy atom. The number of amides is 1. The number of aryl methyl sites for hydroxylation is 1. The summed E-state index contributed by atoms with van der Waals surface area (Å²) < 4.78 is 7.01. The number of nitrogens with one attached hydrogen (secondary N) is 1. The average Bonchev–Trinajstić information content (AvgIpc) is 3.02. The van der Waals surface area contributed by atoms with Crippen LogP contribution in [-0.4, -0.2) is 22.8 Å². The van der Waals surface area contributed by atoms with Gasteiger partial charge in [0.15, 0.2) is 0 Å². The van der Waals surface area contributed by atoms with Gasteiger partial charge in [0, 0.05) is 30.4 Å². The molecule has 0 aliphatic carbocycles. The van der Waals surface area contributed by atoms with Crippen LogP contribution in [0.2, 0.25) is 5.02 Å². The van der Waals surface area contributed by atoms with Crippen molar-refractivity contribution in [2.45, 2.75) is 6.54 Å². The van der Waals surface area contributed by atoms with Crippen LogP contribution in [0.3, 0.4) is 0 Å². The predicted molar refractivity (Wildman–Crippen MR) is 97.8 cm³/mol. The number of aromatic nitrogens is 2. The maximum atomic E-state index is 12.7. The van der Waals surface area contributed by atoms with Crippen LogP contribution in [0.15, 0.2) is 54.7 Å². The fourth-order valence-electron chi connectivity index (χ4n) is 2.57. The van der Waals surface area contributed by atoms with Gasteiger partial charge in [0.2, 0.25) is 0 Å². The quantitative estimate of drug-likeness (QED) is 0.759. The molecule has 0 atom stereocenters. The Bertz CT molecular complexity index is 888. The fraction of sp³-hybridized carbons (Fsp3) is 0.158. The molecule has 2 aromatic carbocycles. The lowest BCUT2D eigenvalue weighted by Crippen LogP contribution is -2.23. The van der Waals surface area contributed by atoms with E-state index in [0.717, 1.165) is 11.1 Å². The lowest BCUT2D eigenvalue weighted by atomic mass is 10.1. The Morgan fingerprint density at radius 2 is 1.92 bits per heavy atom. The highest BCUT2D eigenvalue weighted by molar-refractivity contribution is 6.30. The first kappa shape index (κ1) is 17.0. The van der Waals surface area contributed by atoms with Crippen molar-refractivity contribution < 1.29 is 9.53 Å². The maximum Gasteiger partial charge on any atom is 0.255 e. The molecule has 0 aliphatic rings. The van der Waals surface area contributed by atoms with Crippen molar-refractivity contribution in [1.82, 2.24) is 15.1 Å². The predicted octanol–water partition coefficient (Wildman–Crippen LogP) is 3.68. The Balaban J connectivity index is 1.85. The summed E-state index contributed by atoms with van der Waals surface area (Å²) in [7, 11) is 3.39. The molecule has 3 aromatic rings. The number of carbonyl (C=O) groups is 1. The third-order valence-corrected chi connectivity index (χ3v) is 4.05. The Morgan fingerprint density at radius 1 is 1.20 bits per heavy atom. The molecule has 25 heavy (non-hydrogen) atoms. The average molecular weight is 356 g/mol. The van der Waals surface area contributed by atoms with Crippen LogP contribution in [0.5, 0.6) is 5.75 Å². The number of benzene rings is 2. The van der Waals surface area contributed by atoms with Gasteiger partial charge in [0.05, 0.1) is 12.7 Å². The molecule has 1 aromatic heterocycles. The molecule has 3 rings (SSSR count). The van der Waals surface area contributed by atoms with Gasteiger partial charge >= 0.3 is 0 Å². The zero-order valence-electron chi connectivity index (χ0n) is 14.0. The van der Waals surface area contributed by atoms with Crippen molar-refractivity contribution in [1.29, 1.82) is 0 Å². The smallest absolute Gasteiger partial charge is 0.255 e. The van der Waals surface area contributed by atoms with Crippen molar-refractivity contribution in [2.24, 2.45) is 7.05 Å². The summed E-state index contributed by atoms with van der Waals surface area (Å²) in [6, 6.07) is 14.9. The summed E-state index contributed by atoms with van der Waals surface area (Å²) in [6.07, 6.45) is 1.71. The second-order valence-corrected chi connectivity index (χ2v) is 6.01. The highest BCUT2D eigenvalue weighted by atomic mass is 35.5. The van der Waals surface area contributed by atoms with Gasteiger partial charge in [-0.15, -0.1) is 0 Å². The normalized spacial score (nSPS) is 10.5. The van der Waals surface area contributed by atoms with Gasteiger partial charge in [0.1, 0.15) is 11.4 Å². The highest BCUT2D eigenvalue weighted by Gasteiger charge is 2.19. The molecule has 0 spiro atoms. The monoisotopic (exact) mass is 355 g/mol. The summed E-state index contributed by atoms with van der Waals surface area (Å²) in [5.74, 6) is 0.483. The second-order valence-electron chi connectivity index (χ2n) is 5.57. The zero-order valence-corrected chi connectivity index (χ0v) is 14.7. The highest BCUT2D eigenvalue weighted by Crippen LogP contribution is 2.30. The van der Waals surface area contributed by atoms with Crippen LogP contribution in [-0.2, 0) is 13.6 Å². The van der Waals surface area contributed by atoms with Gasteiger partial charge in [-0.2, -0.15) is 5.10 Å². The van der Waals surface area contributed by atoms with E-state index in [0.29, 0.717) is 28.6 Å². The molecule has 1 N–H and O–H groups in total. The third-order valence-electron chi connectivity index (χ3n) is 3.80. The van der Waals surface area contributed by atoms with Crippen molar-refractivity contribution in [2.75, 3.05) is 7.11 Å². The second kappa shape index (κ2) is 7.40. The number of ether oxygens (including phenoxy) is 1. The first-order valence-electron chi connectivity index (χ1n) is 7.78. The van der Waals surface area contributed by atoms with Crippen LogP contribution in [0.25, 0.3) is 11.3 Å². The molecule has 0 bridgehead atoms. The van der Waals surface area contributed by atoms with Crippen LogP contribution < -0.4 is 10.1 Å². The van der Waals surface area contributed by atoms with Crippen molar-refractivity contribution in [3.05, 3.63) is 70.9 Å². The fourth-order valence-corrected chi connectivity index (χ4v) is 2.70. The summed E-state index contributed by atoms with van der Waals surface area (Å²) in [4.78, 5) is 12.7. The molecule has 6 heteroatoms. The molecule has 0 saturated heterocycles. The minimum atomic E-state index is -0.191. The number of para-hydroxylation sites is 1. The number of rotatable bonds is 5. The molecular formula is C19H18ClN3O2. The van der Waals surface area contributed by atoms with Gasteiger partial charge in [-0.1, -0.05) is 35.9 Å². The Hall–Kier alpha value is -2.79. The number of methoxy groups -OCH3 is 1. The number of hydrogen-bond donors (Lipinski definition) is 1. The third kappa shape index (κ3) is 3.83. The molecule has 1 amide bonds. The molecule has 0 unspecified atom stereocenters. The van der Waals surface area contributed by atoms with Crippen LogP contribution in [0.4, 0.5) is 0 Å². The molecular weight excluding hydrogens is 338 g/mol. The van der Waals surface area contributed by atoms with E-state index in [1.807, 2.05) is 36.4 Å². The summed E-state index contributed by atoms with van der Waals surface area (Å²) in [5, 5.41) is 8.02. The van der Waals surface area contributed by atoms with Gasteiger partial charge in [-0.25, -0.2) is 0 Å². The molecule has 128 valence electrons. The lowest BCUT2D eigenvalue weighted by molar-refractivity contribution is 0.0951. The van der Waals surface area contributed by atoms with Gasteiger partial charge in [-0.3, -0.25) is 9.48 Å². The number of carbonyl (C=O) groups excluding carboxylic acids is 1. The van der Waals surface area contributed by atoms with Gasteiger partial charge in [0.25, 0.3) is 5.91 Å². The largest absolute Gasteiger partial charge is 0.496 e. The first-order valence-corrected chi connectivity index (χ1v) is 8.16. The zero-order chi connectivity index (χ0) is 17.8. The van der Waals surface area contributed by atoms with Crippen molar-refractivity contribution in [3.63, 3.8) is 0 Å². The molecule has 0 radical (unpaired) electrons. The molecule has 5 nitrogen and oxygen atoms in total. The molecule has 1 heterocycles. The SMILES string of the molecule is COc1ccccc1-c1nn(C)cc1C(=O)NCc1ccc(Cl)cc1. The maximum absolute atomic E-state index is 12.7. The van der Waals surface area contributed by atoms with E-state index in [2.05, 4.69) is 10.4 Å². The van der Waals surface area contributed by atoms with E-state index in [1.54, 1.807) is 37.2 Å². The number of halogens is 1. The van der Waals surface area contributed by atoms with Crippen LogP contribution >= 0.6 is 11.6 Å². The first-order chi connectivity index (χ1) is 12.1. The van der Waals surface area contributed by atoms with Crippen LogP contribution in [0.1, 0.15) is 15.9 Å². The van der Waals surface area contributed by atoms with E-state index in [4.69, 9.17) is 16.3 Å². The summed E-state index contributed by atoms with van der Waals surface area (Å²) in [5.41, 5.74) is 2.84.